The van der Waals surface area contributed by atoms with Crippen LogP contribution >= 0.6 is 0 Å². The first-order chi connectivity index (χ1) is 12.7. The fraction of sp³-hybridized carbons (Fsp3) is 0.458. The van der Waals surface area contributed by atoms with Gasteiger partial charge in [-0.05, 0) is 45.1 Å². The minimum Gasteiger partial charge on any atom is -0.350 e. The Morgan fingerprint density at radius 3 is 2.15 bits per heavy atom. The van der Waals surface area contributed by atoms with E-state index in [9.17, 15) is 4.79 Å². The van der Waals surface area contributed by atoms with Crippen molar-refractivity contribution in [2.24, 2.45) is 0 Å². The van der Waals surface area contributed by atoms with Crippen molar-refractivity contribution in [1.82, 2.24) is 5.32 Å². The lowest BCUT2D eigenvalue weighted by atomic mass is 10.1. The standard InChI is InChI=1S/C14H17NO.2C4H8.C2H6/c16-14-11-10-13(15-14)9-5-4-8-12-6-2-1-3-7-12;2*1-3-4-2;1-2/h1-3,5-7,9,13H,4,8,10-11H2,(H,15,16);3-4H,1-2H3;3H,1,4H2,2H3;1-2H3/b9-5+;4-3-;;. The third kappa shape index (κ3) is 16.8. The Morgan fingerprint density at radius 1 is 1.15 bits per heavy atom. The van der Waals surface area contributed by atoms with Crippen LogP contribution in [0.25, 0.3) is 0 Å². The topological polar surface area (TPSA) is 29.1 Å². The van der Waals surface area contributed by atoms with E-state index < -0.39 is 0 Å². The predicted octanol–water partition coefficient (Wildman–Crippen LogP) is 6.65. The van der Waals surface area contributed by atoms with Gasteiger partial charge < -0.3 is 5.32 Å². The summed E-state index contributed by atoms with van der Waals surface area (Å²) in [6, 6.07) is 10.7. The Labute approximate surface area is 162 Å². The van der Waals surface area contributed by atoms with Gasteiger partial charge in [-0.15, -0.1) is 6.58 Å². The highest BCUT2D eigenvalue weighted by atomic mass is 16.1. The summed E-state index contributed by atoms with van der Waals surface area (Å²) < 4.78 is 0. The Morgan fingerprint density at radius 2 is 1.73 bits per heavy atom. The number of allylic oxidation sites excluding steroid dienone is 4. The fourth-order valence-corrected chi connectivity index (χ4v) is 1.94. The molecule has 1 aliphatic rings. The molecule has 26 heavy (non-hydrogen) atoms. The normalized spacial score (nSPS) is 15.1. The van der Waals surface area contributed by atoms with E-state index in [0.717, 1.165) is 25.7 Å². The highest BCUT2D eigenvalue weighted by molar-refractivity contribution is 5.78. The smallest absolute Gasteiger partial charge is 0.220 e. The molecule has 1 unspecified atom stereocenters. The summed E-state index contributed by atoms with van der Waals surface area (Å²) in [5, 5.41) is 2.93. The third-order valence-electron chi connectivity index (χ3n) is 3.46. The van der Waals surface area contributed by atoms with Crippen molar-refractivity contribution in [3.8, 4) is 0 Å². The van der Waals surface area contributed by atoms with E-state index in [0.29, 0.717) is 6.42 Å². The Bertz CT molecular complexity index is 484. The van der Waals surface area contributed by atoms with Crippen LogP contribution in [0.4, 0.5) is 0 Å². The number of amides is 1. The summed E-state index contributed by atoms with van der Waals surface area (Å²) in [6.07, 6.45) is 15.0. The minimum atomic E-state index is 0.178. The molecular weight excluding hydrogens is 318 g/mol. The number of benzene rings is 1. The number of carbonyl (C=O) groups excluding carboxylic acids is 1. The molecular formula is C24H39NO. The second-order valence-corrected chi connectivity index (χ2v) is 5.53. The molecule has 1 aromatic carbocycles. The molecule has 0 saturated carbocycles. The maximum absolute atomic E-state index is 11.0. The molecule has 146 valence electrons. The lowest BCUT2D eigenvalue weighted by molar-refractivity contribution is -0.119. The molecule has 1 aliphatic heterocycles. The molecule has 2 heteroatoms. The summed E-state index contributed by atoms with van der Waals surface area (Å²) in [5.74, 6) is 0.178. The highest BCUT2D eigenvalue weighted by Crippen LogP contribution is 2.09. The number of carbonyl (C=O) groups is 1. The molecule has 1 N–H and O–H groups in total. The van der Waals surface area contributed by atoms with Crippen molar-refractivity contribution < 1.29 is 4.79 Å². The van der Waals surface area contributed by atoms with Crippen LogP contribution in [0.2, 0.25) is 0 Å². The lowest BCUT2D eigenvalue weighted by Gasteiger charge is -2.02. The van der Waals surface area contributed by atoms with Gasteiger partial charge in [-0.3, -0.25) is 4.79 Å². The van der Waals surface area contributed by atoms with E-state index in [1.165, 1.54) is 5.56 Å². The van der Waals surface area contributed by atoms with Crippen molar-refractivity contribution in [3.63, 3.8) is 0 Å². The number of hydrogen-bond acceptors (Lipinski definition) is 1. The van der Waals surface area contributed by atoms with Crippen LogP contribution < -0.4 is 5.32 Å². The zero-order chi connectivity index (χ0) is 20.0. The quantitative estimate of drug-likeness (QED) is 0.588. The summed E-state index contributed by atoms with van der Waals surface area (Å²) in [5.41, 5.74) is 1.36. The first-order valence-corrected chi connectivity index (χ1v) is 9.86. The van der Waals surface area contributed by atoms with Gasteiger partial charge in [0.2, 0.25) is 5.91 Å². The van der Waals surface area contributed by atoms with Gasteiger partial charge in [-0.25, -0.2) is 0 Å². The van der Waals surface area contributed by atoms with Crippen LogP contribution in [-0.2, 0) is 11.2 Å². The molecule has 1 amide bonds. The van der Waals surface area contributed by atoms with Crippen molar-refractivity contribution in [1.29, 1.82) is 0 Å². The lowest BCUT2D eigenvalue weighted by Crippen LogP contribution is -2.22. The Kier molecular flexibility index (Phi) is 21.1. The first kappa shape index (κ1) is 26.1. The summed E-state index contributed by atoms with van der Waals surface area (Å²) >= 11 is 0. The average Bonchev–Trinajstić information content (AvgIpc) is 3.13. The number of hydrogen-bond donors (Lipinski definition) is 1. The first-order valence-electron chi connectivity index (χ1n) is 9.86. The van der Waals surface area contributed by atoms with Gasteiger partial charge in [-0.1, -0.05) is 81.5 Å². The Hall–Kier alpha value is -2.09. The summed E-state index contributed by atoms with van der Waals surface area (Å²) in [6.45, 7) is 13.5. The Balaban J connectivity index is 0. The maximum atomic E-state index is 11.0. The zero-order valence-electron chi connectivity index (χ0n) is 17.5. The van der Waals surface area contributed by atoms with Crippen LogP contribution in [0.15, 0.2) is 67.3 Å². The van der Waals surface area contributed by atoms with E-state index in [1.807, 2.05) is 52.0 Å². The van der Waals surface area contributed by atoms with Crippen LogP contribution in [0.1, 0.15) is 65.9 Å². The van der Waals surface area contributed by atoms with Crippen molar-refractivity contribution in [3.05, 3.63) is 72.9 Å². The van der Waals surface area contributed by atoms with Crippen LogP contribution in [0, 0.1) is 0 Å². The second kappa shape index (κ2) is 21.0. The molecule has 2 nitrogen and oxygen atoms in total. The zero-order valence-corrected chi connectivity index (χ0v) is 17.5. The average molecular weight is 358 g/mol. The largest absolute Gasteiger partial charge is 0.350 e. The molecule has 2 rings (SSSR count). The van der Waals surface area contributed by atoms with E-state index in [4.69, 9.17) is 0 Å². The van der Waals surface area contributed by atoms with Crippen LogP contribution in [-0.4, -0.2) is 11.9 Å². The molecule has 0 aliphatic carbocycles. The number of nitrogens with one attached hydrogen (secondary N) is 1. The fourth-order valence-electron chi connectivity index (χ4n) is 1.94. The summed E-state index contributed by atoms with van der Waals surface area (Å²) in [4.78, 5) is 11.0. The molecule has 1 saturated heterocycles. The molecule has 1 fully saturated rings. The van der Waals surface area contributed by atoms with E-state index in [1.54, 1.807) is 0 Å². The summed E-state index contributed by atoms with van der Waals surface area (Å²) in [7, 11) is 0. The third-order valence-corrected chi connectivity index (χ3v) is 3.46. The van der Waals surface area contributed by atoms with Gasteiger partial charge in [0.15, 0.2) is 0 Å². The van der Waals surface area contributed by atoms with Gasteiger partial charge in [-0.2, -0.15) is 0 Å². The van der Waals surface area contributed by atoms with Gasteiger partial charge in [0.25, 0.3) is 0 Å². The van der Waals surface area contributed by atoms with Crippen molar-refractivity contribution in [2.45, 2.75) is 72.8 Å². The second-order valence-electron chi connectivity index (χ2n) is 5.53. The molecule has 0 spiro atoms. The van der Waals surface area contributed by atoms with Gasteiger partial charge in [0, 0.05) is 12.5 Å². The SMILES string of the molecule is C/C=C\C.C=CCC.CC.O=C1CCC(/C=C/CCc2ccccc2)N1. The number of rotatable bonds is 5. The highest BCUT2D eigenvalue weighted by Gasteiger charge is 2.17. The van der Waals surface area contributed by atoms with Crippen molar-refractivity contribution >= 4 is 5.91 Å². The van der Waals surface area contributed by atoms with E-state index >= 15 is 0 Å². The van der Waals surface area contributed by atoms with Crippen LogP contribution in [0.3, 0.4) is 0 Å². The predicted molar refractivity (Wildman–Crippen MR) is 117 cm³/mol. The van der Waals surface area contributed by atoms with Crippen LogP contribution in [0.5, 0.6) is 0 Å². The molecule has 1 atom stereocenters. The molecule has 1 aromatic rings. The van der Waals surface area contributed by atoms with Gasteiger partial charge in [0.05, 0.1) is 0 Å². The van der Waals surface area contributed by atoms with Gasteiger partial charge in [0.1, 0.15) is 0 Å². The monoisotopic (exact) mass is 357 g/mol. The number of aryl methyl sites for hydroxylation is 1. The minimum absolute atomic E-state index is 0.178. The van der Waals surface area contributed by atoms with Crippen molar-refractivity contribution in [2.75, 3.05) is 0 Å². The molecule has 0 aromatic heterocycles. The van der Waals surface area contributed by atoms with E-state index in [2.05, 4.69) is 55.2 Å². The van der Waals surface area contributed by atoms with Gasteiger partial charge >= 0.3 is 0 Å². The molecule has 1 heterocycles. The molecule has 0 radical (unpaired) electrons. The maximum Gasteiger partial charge on any atom is 0.220 e. The molecule has 0 bridgehead atoms. The van der Waals surface area contributed by atoms with E-state index in [-0.39, 0.29) is 11.9 Å².